The Morgan fingerprint density at radius 3 is 2.75 bits per heavy atom. The second kappa shape index (κ2) is 6.29. The van der Waals surface area contributed by atoms with Crippen LogP contribution in [0.3, 0.4) is 0 Å². The Bertz CT molecular complexity index is 1010. The third kappa shape index (κ3) is 2.70. The van der Waals surface area contributed by atoms with Gasteiger partial charge in [-0.2, -0.15) is 5.10 Å². The van der Waals surface area contributed by atoms with Gasteiger partial charge in [0.15, 0.2) is 0 Å². The van der Waals surface area contributed by atoms with E-state index in [1.807, 2.05) is 42.5 Å². The smallest absolute Gasteiger partial charge is 0.204 e. The third-order valence-electron chi connectivity index (χ3n) is 3.80. The molecule has 0 amide bonds. The van der Waals surface area contributed by atoms with Crippen LogP contribution < -0.4 is 10.2 Å². The van der Waals surface area contributed by atoms with Crippen LogP contribution in [0.15, 0.2) is 65.8 Å². The maximum Gasteiger partial charge on any atom is 0.204 e. The lowest BCUT2D eigenvalue weighted by Crippen LogP contribution is -1.95. The number of nitrogens with zero attached hydrogens (tertiary/aromatic N) is 2. The number of hydrogen-bond acceptors (Lipinski definition) is 5. The van der Waals surface area contributed by atoms with Gasteiger partial charge in [0.25, 0.3) is 0 Å². The number of thiazole rings is 1. The van der Waals surface area contributed by atoms with E-state index in [1.54, 1.807) is 24.7 Å². The van der Waals surface area contributed by atoms with E-state index in [4.69, 9.17) is 4.74 Å². The van der Waals surface area contributed by atoms with Crippen molar-refractivity contribution >= 4 is 43.7 Å². The van der Waals surface area contributed by atoms with Crippen molar-refractivity contribution in [2.24, 2.45) is 5.10 Å². The largest absolute Gasteiger partial charge is 0.496 e. The van der Waals surface area contributed by atoms with Crippen molar-refractivity contribution in [1.29, 1.82) is 0 Å². The van der Waals surface area contributed by atoms with Crippen LogP contribution in [0.2, 0.25) is 0 Å². The van der Waals surface area contributed by atoms with Gasteiger partial charge in [-0.05, 0) is 29.0 Å². The predicted octanol–water partition coefficient (Wildman–Crippen LogP) is 4.90. The molecule has 4 aromatic rings. The van der Waals surface area contributed by atoms with Crippen molar-refractivity contribution < 1.29 is 4.74 Å². The Labute approximate surface area is 143 Å². The molecule has 0 spiro atoms. The summed E-state index contributed by atoms with van der Waals surface area (Å²) in [6.07, 6.45) is 1.78. The van der Waals surface area contributed by atoms with Crippen molar-refractivity contribution in [3.63, 3.8) is 0 Å². The minimum absolute atomic E-state index is 0.770. The number of aromatic nitrogens is 1. The zero-order valence-corrected chi connectivity index (χ0v) is 13.9. The highest BCUT2D eigenvalue weighted by Gasteiger charge is 2.06. The van der Waals surface area contributed by atoms with Gasteiger partial charge in [0, 0.05) is 5.56 Å². The zero-order valence-electron chi connectivity index (χ0n) is 13.1. The van der Waals surface area contributed by atoms with E-state index in [0.29, 0.717) is 0 Å². The van der Waals surface area contributed by atoms with Gasteiger partial charge in [0.05, 0.1) is 23.5 Å². The summed E-state index contributed by atoms with van der Waals surface area (Å²) in [5, 5.41) is 7.38. The number of ether oxygens (including phenoxy) is 1. The van der Waals surface area contributed by atoms with Crippen molar-refractivity contribution in [2.45, 2.75) is 0 Å². The van der Waals surface area contributed by atoms with Gasteiger partial charge in [-0.1, -0.05) is 53.8 Å². The molecule has 0 aliphatic rings. The maximum atomic E-state index is 5.47. The summed E-state index contributed by atoms with van der Waals surface area (Å²) in [6.45, 7) is 0. The second-order valence-electron chi connectivity index (χ2n) is 5.26. The topological polar surface area (TPSA) is 46.5 Å². The van der Waals surface area contributed by atoms with Crippen LogP contribution in [0.5, 0.6) is 5.75 Å². The summed E-state index contributed by atoms with van der Waals surface area (Å²) in [4.78, 5) is 4.51. The standard InChI is InChI=1S/C19H15N3OS/c1-23-17-11-10-13-6-2-3-7-14(13)15(17)12-20-22-19-21-16-8-4-5-9-18(16)24-19/h2-12H,1H3,(H,21,22)/b20-12-. The van der Waals surface area contributed by atoms with E-state index >= 15 is 0 Å². The Balaban J connectivity index is 1.66. The van der Waals surface area contributed by atoms with Crippen molar-refractivity contribution in [3.05, 3.63) is 66.2 Å². The Kier molecular flexibility index (Phi) is 3.84. The molecule has 118 valence electrons. The molecule has 0 aliphatic heterocycles. The summed E-state index contributed by atoms with van der Waals surface area (Å²) in [5.41, 5.74) is 4.94. The average molecular weight is 333 g/mol. The molecule has 24 heavy (non-hydrogen) atoms. The predicted molar refractivity (Wildman–Crippen MR) is 101 cm³/mol. The summed E-state index contributed by atoms with van der Waals surface area (Å²) < 4.78 is 6.61. The number of hydrogen-bond donors (Lipinski definition) is 1. The van der Waals surface area contributed by atoms with Crippen molar-refractivity contribution in [2.75, 3.05) is 12.5 Å². The average Bonchev–Trinajstić information content (AvgIpc) is 3.04. The fraction of sp³-hybridized carbons (Fsp3) is 0.0526. The normalized spacial score (nSPS) is 11.4. The van der Waals surface area contributed by atoms with Gasteiger partial charge in [-0.15, -0.1) is 0 Å². The molecule has 0 saturated carbocycles. The SMILES string of the molecule is COc1ccc2ccccc2c1/C=N\Nc1nc2ccccc2s1. The Hall–Kier alpha value is -2.92. The van der Waals surface area contributed by atoms with E-state index in [9.17, 15) is 0 Å². The van der Waals surface area contributed by atoms with Crippen LogP contribution in [0.4, 0.5) is 5.13 Å². The highest BCUT2D eigenvalue weighted by Crippen LogP contribution is 2.27. The number of benzene rings is 3. The first kappa shape index (κ1) is 14.7. The van der Waals surface area contributed by atoms with E-state index < -0.39 is 0 Å². The van der Waals surface area contributed by atoms with Crippen LogP contribution in [-0.4, -0.2) is 18.3 Å². The molecule has 1 heterocycles. The molecule has 5 heteroatoms. The summed E-state index contributed by atoms with van der Waals surface area (Å²) in [6, 6.07) is 20.2. The number of nitrogens with one attached hydrogen (secondary N) is 1. The third-order valence-corrected chi connectivity index (χ3v) is 4.74. The number of para-hydroxylation sites is 1. The van der Waals surface area contributed by atoms with Gasteiger partial charge in [-0.3, -0.25) is 5.43 Å². The van der Waals surface area contributed by atoms with Gasteiger partial charge in [-0.25, -0.2) is 4.98 Å². The zero-order chi connectivity index (χ0) is 16.4. The van der Waals surface area contributed by atoms with Crippen LogP contribution in [0.25, 0.3) is 21.0 Å². The molecule has 0 saturated heterocycles. The minimum Gasteiger partial charge on any atom is -0.496 e. The molecule has 0 fully saturated rings. The van der Waals surface area contributed by atoms with E-state index in [2.05, 4.69) is 33.7 Å². The fourth-order valence-electron chi connectivity index (χ4n) is 2.66. The van der Waals surface area contributed by atoms with Gasteiger partial charge in [0.1, 0.15) is 5.75 Å². The molecule has 3 aromatic carbocycles. The molecule has 0 unspecified atom stereocenters. The van der Waals surface area contributed by atoms with Crippen molar-refractivity contribution in [3.8, 4) is 5.75 Å². The Morgan fingerprint density at radius 2 is 1.88 bits per heavy atom. The lowest BCUT2D eigenvalue weighted by atomic mass is 10.0. The highest BCUT2D eigenvalue weighted by atomic mass is 32.1. The molecule has 0 atom stereocenters. The molecule has 0 aliphatic carbocycles. The molecule has 1 aromatic heterocycles. The maximum absolute atomic E-state index is 5.47. The molecule has 0 bridgehead atoms. The lowest BCUT2D eigenvalue weighted by Gasteiger charge is -2.08. The molecule has 4 nitrogen and oxygen atoms in total. The molecule has 4 rings (SSSR count). The quantitative estimate of drug-likeness (QED) is 0.426. The van der Waals surface area contributed by atoms with Crippen LogP contribution >= 0.6 is 11.3 Å². The minimum atomic E-state index is 0.770. The number of rotatable bonds is 4. The molecule has 0 radical (unpaired) electrons. The molecule has 1 N–H and O–H groups in total. The summed E-state index contributed by atoms with van der Waals surface area (Å²) >= 11 is 1.58. The number of anilines is 1. The van der Waals surface area contributed by atoms with Gasteiger partial charge < -0.3 is 4.74 Å². The van der Waals surface area contributed by atoms with E-state index in [-0.39, 0.29) is 0 Å². The number of methoxy groups -OCH3 is 1. The lowest BCUT2D eigenvalue weighted by molar-refractivity contribution is 0.415. The van der Waals surface area contributed by atoms with Crippen LogP contribution in [0, 0.1) is 0 Å². The highest BCUT2D eigenvalue weighted by molar-refractivity contribution is 7.22. The van der Waals surface area contributed by atoms with Crippen LogP contribution in [-0.2, 0) is 0 Å². The molecular formula is C19H15N3OS. The first-order chi connectivity index (χ1) is 11.8. The van der Waals surface area contributed by atoms with E-state index in [1.165, 1.54) is 0 Å². The second-order valence-corrected chi connectivity index (χ2v) is 6.29. The molecular weight excluding hydrogens is 318 g/mol. The first-order valence-electron chi connectivity index (χ1n) is 7.55. The monoisotopic (exact) mass is 333 g/mol. The van der Waals surface area contributed by atoms with Crippen LogP contribution in [0.1, 0.15) is 5.56 Å². The first-order valence-corrected chi connectivity index (χ1v) is 8.37. The Morgan fingerprint density at radius 1 is 1.04 bits per heavy atom. The van der Waals surface area contributed by atoms with E-state index in [0.717, 1.165) is 37.4 Å². The van der Waals surface area contributed by atoms with Gasteiger partial charge in [0.2, 0.25) is 5.13 Å². The number of fused-ring (bicyclic) bond motifs is 2. The number of hydrazone groups is 1. The summed E-state index contributed by atoms with van der Waals surface area (Å²) in [5.74, 6) is 0.795. The fourth-order valence-corrected chi connectivity index (χ4v) is 3.47. The van der Waals surface area contributed by atoms with Crippen molar-refractivity contribution in [1.82, 2.24) is 4.98 Å². The summed E-state index contributed by atoms with van der Waals surface area (Å²) in [7, 11) is 1.67. The van der Waals surface area contributed by atoms with Gasteiger partial charge >= 0.3 is 0 Å².